The zero-order chi connectivity index (χ0) is 19.9. The molecule has 0 aliphatic carbocycles. The first kappa shape index (κ1) is 20.0. The molecule has 28 heavy (non-hydrogen) atoms. The Morgan fingerprint density at radius 3 is 2.11 bits per heavy atom. The zero-order valence-electron chi connectivity index (χ0n) is 15.8. The van der Waals surface area contributed by atoms with Crippen molar-refractivity contribution in [2.24, 2.45) is 0 Å². The number of rotatable bonds is 8. The third kappa shape index (κ3) is 5.14. The average Bonchev–Trinajstić information content (AvgIpc) is 2.73. The summed E-state index contributed by atoms with van der Waals surface area (Å²) in [7, 11) is 3.25. The van der Waals surface area contributed by atoms with E-state index in [1.165, 1.54) is 0 Å². The van der Waals surface area contributed by atoms with E-state index in [4.69, 9.17) is 9.47 Å². The van der Waals surface area contributed by atoms with E-state index in [-0.39, 0.29) is 11.8 Å². The second kappa shape index (κ2) is 9.42. The predicted octanol–water partition coefficient (Wildman–Crippen LogP) is 5.89. The number of methoxy groups -OCH3 is 2. The fourth-order valence-corrected chi connectivity index (χ4v) is 3.35. The summed E-state index contributed by atoms with van der Waals surface area (Å²) in [5.41, 5.74) is 2.62. The van der Waals surface area contributed by atoms with Crippen LogP contribution in [-0.2, 0) is 0 Å². The number of halogens is 1. The Kier molecular flexibility index (Phi) is 6.71. The van der Waals surface area contributed by atoms with Gasteiger partial charge in [0.05, 0.1) is 20.3 Å². The highest BCUT2D eigenvalue weighted by Gasteiger charge is 2.18. The van der Waals surface area contributed by atoms with Crippen molar-refractivity contribution < 1.29 is 14.3 Å². The minimum atomic E-state index is -0.171. The molecule has 0 unspecified atom stereocenters. The van der Waals surface area contributed by atoms with Crippen LogP contribution in [0.1, 0.15) is 28.4 Å². The maximum Gasteiger partial charge on any atom is 0.165 e. The van der Waals surface area contributed by atoms with Crippen LogP contribution in [0.15, 0.2) is 77.3 Å². The van der Waals surface area contributed by atoms with Crippen LogP contribution in [0.2, 0.25) is 0 Å². The normalized spacial score (nSPS) is 11.5. The number of benzene rings is 3. The van der Waals surface area contributed by atoms with Gasteiger partial charge in [-0.25, -0.2) is 0 Å². The van der Waals surface area contributed by atoms with Crippen LogP contribution in [0, 0.1) is 0 Å². The standard InChI is InChI=1S/C23H22BrNO3/c1-27-20-10-6-16(7-11-20)22(25-19-5-3-4-18(24)14-19)15-23(26)17-8-12-21(28-2)13-9-17/h3-14,22,25H,15H2,1-2H3/t22-/m0/s1. The largest absolute Gasteiger partial charge is 0.497 e. The molecule has 0 radical (unpaired) electrons. The van der Waals surface area contributed by atoms with Gasteiger partial charge < -0.3 is 14.8 Å². The Bertz CT molecular complexity index is 923. The molecule has 0 heterocycles. The van der Waals surface area contributed by atoms with Crippen LogP contribution in [0.4, 0.5) is 5.69 Å². The van der Waals surface area contributed by atoms with Gasteiger partial charge >= 0.3 is 0 Å². The third-order valence-corrected chi connectivity index (χ3v) is 4.98. The molecule has 3 rings (SSSR count). The Labute approximate surface area is 173 Å². The molecule has 0 saturated carbocycles. The van der Waals surface area contributed by atoms with Gasteiger partial charge in [-0.3, -0.25) is 4.79 Å². The van der Waals surface area contributed by atoms with E-state index in [1.807, 2.05) is 48.5 Å². The van der Waals surface area contributed by atoms with Crippen LogP contribution in [0.25, 0.3) is 0 Å². The molecule has 0 amide bonds. The summed E-state index contributed by atoms with van der Waals surface area (Å²) in [6.07, 6.45) is 0.325. The molecule has 144 valence electrons. The summed E-state index contributed by atoms with van der Waals surface area (Å²) < 4.78 is 11.4. The van der Waals surface area contributed by atoms with Crippen molar-refractivity contribution in [1.29, 1.82) is 0 Å². The molecule has 1 atom stereocenters. The first-order valence-corrected chi connectivity index (χ1v) is 9.71. The number of carbonyl (C=O) groups excluding carboxylic acids is 1. The van der Waals surface area contributed by atoms with E-state index in [9.17, 15) is 4.79 Å². The third-order valence-electron chi connectivity index (χ3n) is 4.49. The molecule has 0 aliphatic heterocycles. The predicted molar refractivity (Wildman–Crippen MR) is 115 cm³/mol. The minimum absolute atomic E-state index is 0.0611. The molecule has 0 aromatic heterocycles. The highest BCUT2D eigenvalue weighted by atomic mass is 79.9. The van der Waals surface area contributed by atoms with Crippen LogP contribution in [0.5, 0.6) is 11.5 Å². The summed E-state index contributed by atoms with van der Waals surface area (Å²) in [5, 5.41) is 3.48. The van der Waals surface area contributed by atoms with E-state index in [0.29, 0.717) is 12.0 Å². The number of carbonyl (C=O) groups is 1. The maximum absolute atomic E-state index is 12.9. The quantitative estimate of drug-likeness (QED) is 0.444. The molecule has 1 N–H and O–H groups in total. The Morgan fingerprint density at radius 1 is 0.929 bits per heavy atom. The summed E-state index contributed by atoms with van der Waals surface area (Å²) in [5.74, 6) is 1.58. The number of hydrogen-bond donors (Lipinski definition) is 1. The van der Waals surface area contributed by atoms with Crippen molar-refractivity contribution in [3.63, 3.8) is 0 Å². The van der Waals surface area contributed by atoms with Gasteiger partial charge in [0.15, 0.2) is 5.78 Å². The van der Waals surface area contributed by atoms with Crippen LogP contribution in [0.3, 0.4) is 0 Å². The van der Waals surface area contributed by atoms with E-state index < -0.39 is 0 Å². The van der Waals surface area contributed by atoms with Crippen molar-refractivity contribution in [3.05, 3.63) is 88.4 Å². The Balaban J connectivity index is 1.84. The Morgan fingerprint density at radius 2 is 1.54 bits per heavy atom. The monoisotopic (exact) mass is 439 g/mol. The number of ether oxygens (including phenoxy) is 2. The van der Waals surface area contributed by atoms with Gasteiger partial charge in [-0.05, 0) is 60.2 Å². The van der Waals surface area contributed by atoms with Crippen molar-refractivity contribution in [3.8, 4) is 11.5 Å². The van der Waals surface area contributed by atoms with Crippen molar-refractivity contribution in [2.45, 2.75) is 12.5 Å². The fourth-order valence-electron chi connectivity index (χ4n) is 2.95. The molecule has 3 aromatic carbocycles. The van der Waals surface area contributed by atoms with Crippen LogP contribution < -0.4 is 14.8 Å². The smallest absolute Gasteiger partial charge is 0.165 e. The average molecular weight is 440 g/mol. The van der Waals surface area contributed by atoms with E-state index >= 15 is 0 Å². The van der Waals surface area contributed by atoms with Gasteiger partial charge in [-0.2, -0.15) is 0 Å². The lowest BCUT2D eigenvalue weighted by atomic mass is 9.97. The van der Waals surface area contributed by atoms with Gasteiger partial charge in [-0.1, -0.05) is 34.1 Å². The van der Waals surface area contributed by atoms with E-state index in [0.717, 1.165) is 27.2 Å². The highest BCUT2D eigenvalue weighted by molar-refractivity contribution is 9.10. The molecule has 0 saturated heterocycles. The molecule has 5 heteroatoms. The fraction of sp³-hybridized carbons (Fsp3) is 0.174. The summed E-state index contributed by atoms with van der Waals surface area (Å²) in [4.78, 5) is 12.9. The van der Waals surface area contributed by atoms with Crippen molar-refractivity contribution in [1.82, 2.24) is 0 Å². The topological polar surface area (TPSA) is 47.6 Å². The van der Waals surface area contributed by atoms with E-state index in [2.05, 4.69) is 21.2 Å². The molecule has 0 bridgehead atoms. The second-order valence-electron chi connectivity index (χ2n) is 6.34. The number of Topliss-reactive ketones (excluding diaryl/α,β-unsaturated/α-hetero) is 1. The first-order valence-electron chi connectivity index (χ1n) is 8.92. The van der Waals surface area contributed by atoms with Gasteiger partial charge in [0.1, 0.15) is 11.5 Å². The minimum Gasteiger partial charge on any atom is -0.497 e. The molecular formula is C23H22BrNO3. The Hall–Kier alpha value is -2.79. The lowest BCUT2D eigenvalue weighted by Gasteiger charge is -2.20. The lowest BCUT2D eigenvalue weighted by molar-refractivity contribution is 0.0976. The molecule has 0 aliphatic rings. The number of nitrogens with one attached hydrogen (secondary N) is 1. The summed E-state index contributed by atoms with van der Waals surface area (Å²) in [6, 6.07) is 22.7. The van der Waals surface area contributed by atoms with Gasteiger partial charge in [0.25, 0.3) is 0 Å². The zero-order valence-corrected chi connectivity index (χ0v) is 17.4. The van der Waals surface area contributed by atoms with E-state index in [1.54, 1.807) is 38.5 Å². The summed E-state index contributed by atoms with van der Waals surface area (Å²) >= 11 is 3.49. The molecule has 0 fully saturated rings. The second-order valence-corrected chi connectivity index (χ2v) is 7.25. The SMILES string of the molecule is COc1ccc(C(=O)C[C@H](Nc2cccc(Br)c2)c2ccc(OC)cc2)cc1. The van der Waals surface area contributed by atoms with Crippen LogP contribution in [-0.4, -0.2) is 20.0 Å². The first-order chi connectivity index (χ1) is 13.6. The van der Waals surface area contributed by atoms with Crippen molar-refractivity contribution in [2.75, 3.05) is 19.5 Å². The van der Waals surface area contributed by atoms with Gasteiger partial charge in [0, 0.05) is 22.1 Å². The van der Waals surface area contributed by atoms with Crippen molar-refractivity contribution >= 4 is 27.4 Å². The van der Waals surface area contributed by atoms with Gasteiger partial charge in [0.2, 0.25) is 0 Å². The highest BCUT2D eigenvalue weighted by Crippen LogP contribution is 2.28. The molecule has 0 spiro atoms. The lowest BCUT2D eigenvalue weighted by Crippen LogP contribution is -2.16. The number of hydrogen-bond acceptors (Lipinski definition) is 4. The molecule has 4 nitrogen and oxygen atoms in total. The van der Waals surface area contributed by atoms with Crippen LogP contribution >= 0.6 is 15.9 Å². The summed E-state index contributed by atoms with van der Waals surface area (Å²) in [6.45, 7) is 0. The molecular weight excluding hydrogens is 418 g/mol. The number of ketones is 1. The van der Waals surface area contributed by atoms with Gasteiger partial charge in [-0.15, -0.1) is 0 Å². The maximum atomic E-state index is 12.9. The molecule has 3 aromatic rings. The number of anilines is 1.